The van der Waals surface area contributed by atoms with Crippen LogP contribution in [0.25, 0.3) is 0 Å². The van der Waals surface area contributed by atoms with E-state index >= 15 is 0 Å². The quantitative estimate of drug-likeness (QED) is 0.615. The SMILES string of the molecule is [CH3][Sn]([CH3])([CH3])[C]12CCC(c3ccccc31)c1ccccc12. The van der Waals surface area contributed by atoms with Crippen molar-refractivity contribution in [3.05, 3.63) is 70.8 Å². The molecule has 0 spiro atoms. The van der Waals surface area contributed by atoms with Crippen LogP contribution >= 0.6 is 0 Å². The van der Waals surface area contributed by atoms with E-state index < -0.39 is 18.4 Å². The molecule has 0 N–H and O–H groups in total. The molecular formula is C19H22Sn. The molecule has 20 heavy (non-hydrogen) atoms. The van der Waals surface area contributed by atoms with Crippen molar-refractivity contribution >= 4 is 18.4 Å². The summed E-state index contributed by atoms with van der Waals surface area (Å²) in [5.41, 5.74) is 6.62. The fourth-order valence-corrected chi connectivity index (χ4v) is 13.3. The molecule has 102 valence electrons. The molecule has 1 heteroatoms. The molecule has 0 saturated heterocycles. The van der Waals surface area contributed by atoms with Gasteiger partial charge in [0.05, 0.1) is 0 Å². The number of rotatable bonds is 1. The van der Waals surface area contributed by atoms with E-state index in [9.17, 15) is 0 Å². The molecule has 0 heterocycles. The van der Waals surface area contributed by atoms with Crippen molar-refractivity contribution in [2.75, 3.05) is 0 Å². The first-order chi connectivity index (χ1) is 9.56. The number of hydrogen-bond donors (Lipinski definition) is 0. The van der Waals surface area contributed by atoms with Crippen LogP contribution in [0.15, 0.2) is 48.5 Å². The molecule has 0 unspecified atom stereocenters. The van der Waals surface area contributed by atoms with Gasteiger partial charge in [-0.25, -0.2) is 0 Å². The average molecular weight is 369 g/mol. The second-order valence-electron chi connectivity index (χ2n) is 7.42. The molecule has 0 atom stereocenters. The Bertz CT molecular complexity index is 631. The van der Waals surface area contributed by atoms with E-state index in [1.165, 1.54) is 12.8 Å². The first-order valence-corrected chi connectivity index (χ1v) is 17.7. The standard InChI is InChI=1S/C16H13.3CH3.Sn/c1-2-6-12-11(5-1)15-9-10-16(12)14-8-4-3-7-13(14)15;;;;/h1-8,15H,9-10H2;3*1H3;. The number of hydrogen-bond acceptors (Lipinski definition) is 0. The van der Waals surface area contributed by atoms with Crippen LogP contribution < -0.4 is 0 Å². The maximum absolute atomic E-state index is 2.62. The normalized spacial score (nSPS) is 27.1. The molecule has 0 amide bonds. The van der Waals surface area contributed by atoms with E-state index in [2.05, 4.69) is 63.3 Å². The van der Waals surface area contributed by atoms with Crippen molar-refractivity contribution < 1.29 is 0 Å². The molecule has 0 aliphatic heterocycles. The zero-order valence-corrected chi connectivity index (χ0v) is 15.5. The van der Waals surface area contributed by atoms with Gasteiger partial charge in [-0.3, -0.25) is 0 Å². The summed E-state index contributed by atoms with van der Waals surface area (Å²) in [5, 5.41) is 0. The molecule has 2 aromatic carbocycles. The van der Waals surface area contributed by atoms with Crippen LogP contribution in [0.2, 0.25) is 14.8 Å². The van der Waals surface area contributed by atoms with Crippen LogP contribution in [-0.2, 0) is 3.43 Å². The molecule has 0 fully saturated rings. The van der Waals surface area contributed by atoms with Crippen molar-refractivity contribution in [1.29, 1.82) is 0 Å². The second-order valence-corrected chi connectivity index (χ2v) is 22.7. The summed E-state index contributed by atoms with van der Waals surface area (Å²) in [7, 11) is 0. The Kier molecular flexibility index (Phi) is 2.67. The van der Waals surface area contributed by atoms with Gasteiger partial charge in [0.15, 0.2) is 0 Å². The van der Waals surface area contributed by atoms with Gasteiger partial charge >= 0.3 is 126 Å². The minimum absolute atomic E-state index is 0.399. The minimum atomic E-state index is -2.20. The third-order valence-electron chi connectivity index (χ3n) is 5.68. The van der Waals surface area contributed by atoms with Gasteiger partial charge in [-0.15, -0.1) is 0 Å². The van der Waals surface area contributed by atoms with Gasteiger partial charge in [0.1, 0.15) is 0 Å². The Labute approximate surface area is 126 Å². The summed E-state index contributed by atoms with van der Waals surface area (Å²) >= 11 is -2.20. The van der Waals surface area contributed by atoms with Crippen LogP contribution in [0.4, 0.5) is 0 Å². The monoisotopic (exact) mass is 370 g/mol. The van der Waals surface area contributed by atoms with Crippen LogP contribution in [0.1, 0.15) is 41.0 Å². The summed E-state index contributed by atoms with van der Waals surface area (Å²) in [6.07, 6.45) is 2.73. The number of benzene rings is 2. The summed E-state index contributed by atoms with van der Waals surface area (Å²) in [5.74, 6) is 0.651. The predicted octanol–water partition coefficient (Wildman–Crippen LogP) is 5.09. The summed E-state index contributed by atoms with van der Waals surface area (Å²) in [6.45, 7) is 0. The van der Waals surface area contributed by atoms with E-state index in [1.54, 1.807) is 22.3 Å². The van der Waals surface area contributed by atoms with Gasteiger partial charge in [0.25, 0.3) is 0 Å². The molecule has 0 aromatic heterocycles. The summed E-state index contributed by atoms with van der Waals surface area (Å²) in [6, 6.07) is 18.6. The Morgan fingerprint density at radius 3 is 1.85 bits per heavy atom. The predicted molar refractivity (Wildman–Crippen MR) is 88.1 cm³/mol. The Morgan fingerprint density at radius 2 is 1.35 bits per heavy atom. The van der Waals surface area contributed by atoms with Crippen molar-refractivity contribution in [2.24, 2.45) is 0 Å². The number of fused-ring (bicyclic) bond motifs is 1. The Morgan fingerprint density at radius 1 is 0.850 bits per heavy atom. The molecule has 5 rings (SSSR count). The first-order valence-electron chi connectivity index (χ1n) is 7.74. The topological polar surface area (TPSA) is 0 Å². The molecule has 3 aliphatic carbocycles. The second kappa shape index (κ2) is 4.13. The maximum atomic E-state index is 2.62. The zero-order chi connectivity index (χ0) is 14.0. The first kappa shape index (κ1) is 12.9. The van der Waals surface area contributed by atoms with E-state index in [1.807, 2.05) is 0 Å². The molecule has 3 aliphatic rings. The fraction of sp³-hybridized carbons (Fsp3) is 0.368. The molecule has 0 saturated carbocycles. The van der Waals surface area contributed by atoms with E-state index in [0.717, 1.165) is 0 Å². The molecule has 0 nitrogen and oxygen atoms in total. The van der Waals surface area contributed by atoms with Crippen LogP contribution in [0, 0.1) is 0 Å². The van der Waals surface area contributed by atoms with Crippen LogP contribution in [0.3, 0.4) is 0 Å². The summed E-state index contributed by atoms with van der Waals surface area (Å²) in [4.78, 5) is 7.86. The summed E-state index contributed by atoms with van der Waals surface area (Å²) < 4.78 is 0.399. The van der Waals surface area contributed by atoms with Crippen molar-refractivity contribution in [3.8, 4) is 0 Å². The van der Waals surface area contributed by atoms with Gasteiger partial charge in [-0.05, 0) is 0 Å². The van der Waals surface area contributed by atoms with E-state index in [4.69, 9.17) is 0 Å². The van der Waals surface area contributed by atoms with Crippen LogP contribution in [0.5, 0.6) is 0 Å². The van der Waals surface area contributed by atoms with E-state index in [-0.39, 0.29) is 0 Å². The fourth-order valence-electron chi connectivity index (χ4n) is 4.82. The zero-order valence-electron chi connectivity index (χ0n) is 12.6. The third kappa shape index (κ3) is 1.44. The van der Waals surface area contributed by atoms with Crippen molar-refractivity contribution in [3.63, 3.8) is 0 Å². The Hall–Kier alpha value is -0.761. The van der Waals surface area contributed by atoms with Gasteiger partial charge in [0, 0.05) is 0 Å². The Balaban J connectivity index is 2.13. The van der Waals surface area contributed by atoms with Gasteiger partial charge in [0.2, 0.25) is 0 Å². The van der Waals surface area contributed by atoms with Gasteiger partial charge in [-0.2, -0.15) is 0 Å². The third-order valence-corrected chi connectivity index (χ3v) is 15.2. The van der Waals surface area contributed by atoms with Gasteiger partial charge < -0.3 is 0 Å². The van der Waals surface area contributed by atoms with Crippen molar-refractivity contribution in [1.82, 2.24) is 0 Å². The molecule has 0 radical (unpaired) electrons. The molecule has 2 aromatic rings. The van der Waals surface area contributed by atoms with Crippen molar-refractivity contribution in [2.45, 2.75) is 37.0 Å². The van der Waals surface area contributed by atoms with E-state index in [0.29, 0.717) is 9.35 Å². The molecule has 2 bridgehead atoms. The molecular weight excluding hydrogens is 347 g/mol. The van der Waals surface area contributed by atoms with Gasteiger partial charge in [-0.1, -0.05) is 0 Å². The average Bonchev–Trinajstić information content (AvgIpc) is 2.47. The van der Waals surface area contributed by atoms with Crippen LogP contribution in [-0.4, -0.2) is 18.4 Å².